The minimum Gasteiger partial charge on any atom is -0.481 e. The van der Waals surface area contributed by atoms with Gasteiger partial charge in [-0.15, -0.1) is 0 Å². The van der Waals surface area contributed by atoms with Gasteiger partial charge in [0.15, 0.2) is 0 Å². The van der Waals surface area contributed by atoms with Crippen LogP contribution in [0.2, 0.25) is 0 Å². The van der Waals surface area contributed by atoms with Crippen molar-refractivity contribution in [2.45, 2.75) is 26.1 Å². The number of urea groups is 1. The lowest BCUT2D eigenvalue weighted by Gasteiger charge is -2.15. The number of nitrogens with one attached hydrogen (secondary N) is 3. The number of aliphatic carboxylic acids is 1. The van der Waals surface area contributed by atoms with Gasteiger partial charge < -0.3 is 25.8 Å². The van der Waals surface area contributed by atoms with Gasteiger partial charge in [-0.1, -0.05) is 18.2 Å². The molecule has 37 heavy (non-hydrogen) atoms. The monoisotopic (exact) mass is 516 g/mol. The molecule has 3 aromatic rings. The zero-order valence-corrected chi connectivity index (χ0v) is 19.8. The molecule has 0 atom stereocenters. The van der Waals surface area contributed by atoms with E-state index in [4.69, 9.17) is 9.84 Å². The van der Waals surface area contributed by atoms with Crippen LogP contribution in [0.15, 0.2) is 54.7 Å². The van der Waals surface area contributed by atoms with E-state index in [0.29, 0.717) is 23.1 Å². The van der Waals surface area contributed by atoms with Gasteiger partial charge in [0.25, 0.3) is 5.91 Å². The molecule has 12 heteroatoms. The molecule has 0 bridgehead atoms. The van der Waals surface area contributed by atoms with Crippen LogP contribution in [0.4, 0.5) is 23.7 Å². The Balaban J connectivity index is 1.66. The smallest absolute Gasteiger partial charge is 0.416 e. The number of carbonyl (C=O) groups is 3. The van der Waals surface area contributed by atoms with E-state index in [9.17, 15) is 27.6 Å². The zero-order valence-electron chi connectivity index (χ0n) is 19.8. The van der Waals surface area contributed by atoms with Gasteiger partial charge >= 0.3 is 18.2 Å². The molecule has 4 N–H and O–H groups in total. The number of aromatic nitrogens is 1. The van der Waals surface area contributed by atoms with Crippen LogP contribution in [0, 0.1) is 6.92 Å². The number of anilines is 1. The predicted molar refractivity (Wildman–Crippen MR) is 128 cm³/mol. The number of nitrogens with zero attached hydrogens (tertiary/aromatic N) is 1. The van der Waals surface area contributed by atoms with Gasteiger partial charge in [-0.05, 0) is 47.9 Å². The second-order valence-corrected chi connectivity index (χ2v) is 7.91. The van der Waals surface area contributed by atoms with Crippen molar-refractivity contribution in [3.63, 3.8) is 0 Å². The van der Waals surface area contributed by atoms with Crippen LogP contribution >= 0.6 is 0 Å². The molecule has 0 saturated carbocycles. The first-order chi connectivity index (χ1) is 17.5. The average molecular weight is 516 g/mol. The molecule has 0 aliphatic rings. The Hall–Kier alpha value is -4.61. The van der Waals surface area contributed by atoms with Crippen LogP contribution in [0.5, 0.6) is 11.5 Å². The average Bonchev–Trinajstić information content (AvgIpc) is 2.84. The van der Waals surface area contributed by atoms with Crippen LogP contribution in [-0.4, -0.2) is 35.0 Å². The van der Waals surface area contributed by atoms with E-state index >= 15 is 0 Å². The number of ether oxygens (including phenoxy) is 1. The third kappa shape index (κ3) is 7.43. The molecular formula is C25H23F3N4O5. The minimum absolute atomic E-state index is 0.0312. The SMILES string of the molecule is CNC(=O)c1cc(Oc2ccc(CNC(=O)Nc3cc(C(F)(F)F)ccc3CC(=O)O)cc2C)ccn1. The number of amides is 3. The molecule has 3 amide bonds. The topological polar surface area (TPSA) is 130 Å². The lowest BCUT2D eigenvalue weighted by Crippen LogP contribution is -2.29. The highest BCUT2D eigenvalue weighted by molar-refractivity contribution is 5.92. The molecule has 2 aromatic carbocycles. The Morgan fingerprint density at radius 3 is 2.46 bits per heavy atom. The maximum absolute atomic E-state index is 13.1. The van der Waals surface area contributed by atoms with Crippen molar-refractivity contribution in [3.8, 4) is 11.5 Å². The third-order valence-corrected chi connectivity index (χ3v) is 5.14. The number of halogens is 3. The maximum atomic E-state index is 13.1. The second kappa shape index (κ2) is 11.4. The molecule has 0 fully saturated rings. The number of carbonyl (C=O) groups excluding carboxylic acids is 2. The first-order valence-corrected chi connectivity index (χ1v) is 10.9. The fourth-order valence-electron chi connectivity index (χ4n) is 3.32. The van der Waals surface area contributed by atoms with E-state index in [1.807, 2.05) is 0 Å². The molecule has 0 saturated heterocycles. The third-order valence-electron chi connectivity index (χ3n) is 5.14. The summed E-state index contributed by atoms with van der Waals surface area (Å²) in [7, 11) is 1.49. The van der Waals surface area contributed by atoms with Gasteiger partial charge in [0.1, 0.15) is 17.2 Å². The largest absolute Gasteiger partial charge is 0.481 e. The van der Waals surface area contributed by atoms with Crippen LogP contribution in [0.3, 0.4) is 0 Å². The van der Waals surface area contributed by atoms with Crippen molar-refractivity contribution in [2.24, 2.45) is 0 Å². The van der Waals surface area contributed by atoms with Crippen LogP contribution in [0.25, 0.3) is 0 Å². The van der Waals surface area contributed by atoms with Crippen molar-refractivity contribution < 1.29 is 37.4 Å². The molecule has 9 nitrogen and oxygen atoms in total. The lowest BCUT2D eigenvalue weighted by atomic mass is 10.1. The molecule has 0 radical (unpaired) electrons. The second-order valence-electron chi connectivity index (χ2n) is 7.91. The number of rotatable bonds is 8. The summed E-state index contributed by atoms with van der Waals surface area (Å²) in [6.45, 7) is 1.82. The lowest BCUT2D eigenvalue weighted by molar-refractivity contribution is -0.137. The molecule has 3 rings (SSSR count). The number of pyridine rings is 1. The Morgan fingerprint density at radius 1 is 1.05 bits per heavy atom. The highest BCUT2D eigenvalue weighted by Gasteiger charge is 2.31. The molecule has 0 aliphatic carbocycles. The summed E-state index contributed by atoms with van der Waals surface area (Å²) >= 11 is 0. The molecule has 1 aromatic heterocycles. The molecule has 0 spiro atoms. The summed E-state index contributed by atoms with van der Waals surface area (Å²) in [6.07, 6.45) is -3.77. The standard InChI is InChI=1S/C25H23F3N4O5/c1-14-9-15(3-6-21(14)37-18-7-8-30-20(12-18)23(35)29-2)13-31-24(36)32-19-11-17(25(26,27)28)5-4-16(19)10-22(33)34/h3-9,11-12H,10,13H2,1-2H3,(H,29,35)(H,33,34)(H2,31,32,36). The fraction of sp³-hybridized carbons (Fsp3) is 0.200. The summed E-state index contributed by atoms with van der Waals surface area (Å²) < 4.78 is 45.0. The number of alkyl halides is 3. The zero-order chi connectivity index (χ0) is 27.2. The normalized spacial score (nSPS) is 10.9. The van der Waals surface area contributed by atoms with Crippen LogP contribution in [0.1, 0.15) is 32.7 Å². The molecule has 0 unspecified atom stereocenters. The van der Waals surface area contributed by atoms with Crippen LogP contribution in [-0.2, 0) is 23.9 Å². The first kappa shape index (κ1) is 27.0. The molecular weight excluding hydrogens is 493 g/mol. The van der Waals surface area contributed by atoms with E-state index < -0.39 is 30.2 Å². The van der Waals surface area contributed by atoms with Crippen molar-refractivity contribution in [3.05, 3.63) is 82.7 Å². The van der Waals surface area contributed by atoms with Gasteiger partial charge in [-0.25, -0.2) is 4.79 Å². The van der Waals surface area contributed by atoms with E-state index in [2.05, 4.69) is 20.9 Å². The summed E-state index contributed by atoms with van der Waals surface area (Å²) in [5.41, 5.74) is 0.360. The summed E-state index contributed by atoms with van der Waals surface area (Å²) in [6, 6.07) is 9.87. The van der Waals surface area contributed by atoms with Crippen LogP contribution < -0.4 is 20.7 Å². The molecule has 194 valence electrons. The highest BCUT2D eigenvalue weighted by atomic mass is 19.4. The number of benzene rings is 2. The minimum atomic E-state index is -4.66. The Labute approximate surface area is 209 Å². The fourth-order valence-corrected chi connectivity index (χ4v) is 3.32. The van der Waals surface area contributed by atoms with Gasteiger partial charge in [0, 0.05) is 31.5 Å². The number of hydrogen-bond acceptors (Lipinski definition) is 5. The number of hydrogen-bond donors (Lipinski definition) is 4. The number of carboxylic acid groups (broad SMARTS) is 1. The van der Waals surface area contributed by atoms with E-state index in [1.54, 1.807) is 31.2 Å². The predicted octanol–water partition coefficient (Wildman–Crippen LogP) is 4.51. The molecule has 0 aliphatic heterocycles. The van der Waals surface area contributed by atoms with E-state index in [-0.39, 0.29) is 29.4 Å². The Kier molecular flexibility index (Phi) is 8.33. The van der Waals surface area contributed by atoms with Gasteiger partial charge in [0.2, 0.25) is 0 Å². The van der Waals surface area contributed by atoms with Crippen molar-refractivity contribution in [1.29, 1.82) is 0 Å². The Bertz CT molecular complexity index is 1330. The van der Waals surface area contributed by atoms with E-state index in [1.165, 1.54) is 19.3 Å². The number of carboxylic acids is 1. The number of aryl methyl sites for hydroxylation is 1. The summed E-state index contributed by atoms with van der Waals surface area (Å²) in [5.74, 6) is -0.704. The van der Waals surface area contributed by atoms with Crippen molar-refractivity contribution >= 4 is 23.6 Å². The molecule has 1 heterocycles. The quantitative estimate of drug-likeness (QED) is 0.349. The highest BCUT2D eigenvalue weighted by Crippen LogP contribution is 2.32. The van der Waals surface area contributed by atoms with Gasteiger partial charge in [-0.2, -0.15) is 13.2 Å². The van der Waals surface area contributed by atoms with Crippen molar-refractivity contribution in [1.82, 2.24) is 15.6 Å². The summed E-state index contributed by atoms with van der Waals surface area (Å²) in [5, 5.41) is 16.3. The first-order valence-electron chi connectivity index (χ1n) is 10.9. The van der Waals surface area contributed by atoms with Gasteiger partial charge in [0.05, 0.1) is 12.0 Å². The van der Waals surface area contributed by atoms with Gasteiger partial charge in [-0.3, -0.25) is 14.6 Å². The van der Waals surface area contributed by atoms with Crippen molar-refractivity contribution in [2.75, 3.05) is 12.4 Å². The summed E-state index contributed by atoms with van der Waals surface area (Å²) in [4.78, 5) is 39.2. The Morgan fingerprint density at radius 2 is 1.81 bits per heavy atom. The van der Waals surface area contributed by atoms with E-state index in [0.717, 1.165) is 17.7 Å². The maximum Gasteiger partial charge on any atom is 0.416 e.